The van der Waals surface area contributed by atoms with Crippen molar-refractivity contribution in [1.82, 2.24) is 10.2 Å². The molecule has 0 radical (unpaired) electrons. The summed E-state index contributed by atoms with van der Waals surface area (Å²) in [4.78, 5) is 14.8. The lowest BCUT2D eigenvalue weighted by atomic mass is 9.77. The fourth-order valence-electron chi connectivity index (χ4n) is 3.84. The topological polar surface area (TPSA) is 41.6 Å². The molecule has 0 aromatic carbocycles. The Bertz CT molecular complexity index is 333. The summed E-state index contributed by atoms with van der Waals surface area (Å²) >= 11 is 0. The first-order valence-electron chi connectivity index (χ1n) is 8.65. The number of nitrogens with zero attached hydrogens (tertiary/aromatic N) is 1. The lowest BCUT2D eigenvalue weighted by Crippen LogP contribution is -2.56. The van der Waals surface area contributed by atoms with Crippen LogP contribution in [0.15, 0.2) is 0 Å². The van der Waals surface area contributed by atoms with Crippen LogP contribution in [-0.2, 0) is 9.53 Å². The van der Waals surface area contributed by atoms with E-state index in [4.69, 9.17) is 4.74 Å². The van der Waals surface area contributed by atoms with Crippen molar-refractivity contribution in [2.75, 3.05) is 26.8 Å². The summed E-state index contributed by atoms with van der Waals surface area (Å²) < 4.78 is 5.16. The Morgan fingerprint density at radius 3 is 2.71 bits per heavy atom. The van der Waals surface area contributed by atoms with Crippen LogP contribution in [0.5, 0.6) is 0 Å². The molecule has 0 spiro atoms. The van der Waals surface area contributed by atoms with E-state index < -0.39 is 0 Å². The Morgan fingerprint density at radius 1 is 1.24 bits per heavy atom. The summed E-state index contributed by atoms with van der Waals surface area (Å²) in [7, 11) is 1.70. The second kappa shape index (κ2) is 8.14. The molecule has 1 saturated heterocycles. The summed E-state index contributed by atoms with van der Waals surface area (Å²) in [5, 5.41) is 3.65. The van der Waals surface area contributed by atoms with E-state index in [1.54, 1.807) is 7.11 Å². The fourth-order valence-corrected chi connectivity index (χ4v) is 3.84. The van der Waals surface area contributed by atoms with Gasteiger partial charge in [-0.1, -0.05) is 26.7 Å². The molecule has 3 atom stereocenters. The van der Waals surface area contributed by atoms with E-state index in [2.05, 4.69) is 19.2 Å². The number of carbonyl (C=O) groups is 1. The SMILES string of the molecule is COCCN(CC(C)C)C(=O)C1CCC2CCCCC2N1. The quantitative estimate of drug-likeness (QED) is 0.818. The van der Waals surface area contributed by atoms with Gasteiger partial charge in [-0.2, -0.15) is 0 Å². The number of hydrogen-bond donors (Lipinski definition) is 1. The van der Waals surface area contributed by atoms with Gasteiger partial charge in [0.05, 0.1) is 12.6 Å². The van der Waals surface area contributed by atoms with Gasteiger partial charge in [-0.3, -0.25) is 4.79 Å². The lowest BCUT2D eigenvalue weighted by molar-refractivity contribution is -0.136. The number of piperidine rings is 1. The van der Waals surface area contributed by atoms with Crippen molar-refractivity contribution >= 4 is 5.91 Å². The molecule has 2 fully saturated rings. The largest absolute Gasteiger partial charge is 0.383 e. The van der Waals surface area contributed by atoms with Crippen LogP contribution in [0.1, 0.15) is 52.4 Å². The van der Waals surface area contributed by atoms with E-state index in [1.807, 2.05) is 4.90 Å². The minimum absolute atomic E-state index is 0.0277. The molecule has 122 valence electrons. The van der Waals surface area contributed by atoms with Gasteiger partial charge in [0.25, 0.3) is 0 Å². The van der Waals surface area contributed by atoms with Crippen molar-refractivity contribution in [3.8, 4) is 0 Å². The van der Waals surface area contributed by atoms with E-state index in [1.165, 1.54) is 32.1 Å². The first kappa shape index (κ1) is 16.8. The second-order valence-corrected chi connectivity index (χ2v) is 7.12. The van der Waals surface area contributed by atoms with E-state index in [-0.39, 0.29) is 11.9 Å². The highest BCUT2D eigenvalue weighted by Gasteiger charge is 2.35. The Morgan fingerprint density at radius 2 is 2.00 bits per heavy atom. The number of ether oxygens (including phenoxy) is 1. The van der Waals surface area contributed by atoms with Gasteiger partial charge in [0, 0.05) is 26.2 Å². The van der Waals surface area contributed by atoms with E-state index in [9.17, 15) is 4.79 Å². The second-order valence-electron chi connectivity index (χ2n) is 7.12. The summed E-state index contributed by atoms with van der Waals surface area (Å²) in [5.41, 5.74) is 0. The number of nitrogens with one attached hydrogen (secondary N) is 1. The van der Waals surface area contributed by atoms with Gasteiger partial charge < -0.3 is 15.0 Å². The maximum absolute atomic E-state index is 12.8. The van der Waals surface area contributed by atoms with Crippen LogP contribution in [0.2, 0.25) is 0 Å². The minimum Gasteiger partial charge on any atom is -0.383 e. The highest BCUT2D eigenvalue weighted by molar-refractivity contribution is 5.82. The summed E-state index contributed by atoms with van der Waals surface area (Å²) in [6.45, 7) is 6.49. The van der Waals surface area contributed by atoms with Crippen LogP contribution in [0.25, 0.3) is 0 Å². The molecule has 1 N–H and O–H groups in total. The van der Waals surface area contributed by atoms with Crippen LogP contribution < -0.4 is 5.32 Å². The Kier molecular flexibility index (Phi) is 6.49. The Labute approximate surface area is 129 Å². The molecule has 4 heteroatoms. The third-order valence-corrected chi connectivity index (χ3v) is 4.91. The molecule has 1 aliphatic heterocycles. The first-order valence-corrected chi connectivity index (χ1v) is 8.65. The van der Waals surface area contributed by atoms with Gasteiger partial charge in [0.2, 0.25) is 5.91 Å². The number of carbonyl (C=O) groups excluding carboxylic acids is 1. The summed E-state index contributed by atoms with van der Waals surface area (Å²) in [6.07, 6.45) is 7.49. The van der Waals surface area contributed by atoms with Crippen LogP contribution in [0, 0.1) is 11.8 Å². The van der Waals surface area contributed by atoms with Gasteiger partial charge in [0.1, 0.15) is 0 Å². The number of hydrogen-bond acceptors (Lipinski definition) is 3. The van der Waals surface area contributed by atoms with Crippen molar-refractivity contribution in [1.29, 1.82) is 0 Å². The molecule has 2 aliphatic rings. The maximum Gasteiger partial charge on any atom is 0.239 e. The van der Waals surface area contributed by atoms with Gasteiger partial charge in [-0.05, 0) is 37.5 Å². The lowest BCUT2D eigenvalue weighted by Gasteiger charge is -2.41. The van der Waals surface area contributed by atoms with Crippen molar-refractivity contribution in [3.63, 3.8) is 0 Å². The summed E-state index contributed by atoms with van der Waals surface area (Å²) in [5.74, 6) is 1.59. The minimum atomic E-state index is 0.0277. The zero-order valence-corrected chi connectivity index (χ0v) is 13.9. The number of rotatable bonds is 6. The monoisotopic (exact) mass is 296 g/mol. The van der Waals surface area contributed by atoms with Crippen molar-refractivity contribution in [2.45, 2.75) is 64.5 Å². The first-order chi connectivity index (χ1) is 10.1. The van der Waals surface area contributed by atoms with E-state index >= 15 is 0 Å². The van der Waals surface area contributed by atoms with E-state index in [0.29, 0.717) is 25.1 Å². The summed E-state index contributed by atoms with van der Waals surface area (Å²) in [6, 6.07) is 0.602. The normalized spacial score (nSPS) is 29.2. The van der Waals surface area contributed by atoms with Crippen LogP contribution >= 0.6 is 0 Å². The molecule has 21 heavy (non-hydrogen) atoms. The molecule has 1 saturated carbocycles. The molecule has 1 aliphatic carbocycles. The van der Waals surface area contributed by atoms with Gasteiger partial charge in [-0.15, -0.1) is 0 Å². The molecule has 1 amide bonds. The third-order valence-electron chi connectivity index (χ3n) is 4.91. The molecule has 4 nitrogen and oxygen atoms in total. The molecule has 0 bridgehead atoms. The van der Waals surface area contributed by atoms with Gasteiger partial charge in [-0.25, -0.2) is 0 Å². The van der Waals surface area contributed by atoms with Crippen LogP contribution in [-0.4, -0.2) is 49.7 Å². The van der Waals surface area contributed by atoms with Crippen molar-refractivity contribution in [3.05, 3.63) is 0 Å². The number of fused-ring (bicyclic) bond motifs is 1. The number of methoxy groups -OCH3 is 1. The predicted octanol–water partition coefficient (Wildman–Crippen LogP) is 2.43. The molecule has 3 unspecified atom stereocenters. The zero-order chi connectivity index (χ0) is 15.2. The van der Waals surface area contributed by atoms with Crippen LogP contribution in [0.4, 0.5) is 0 Å². The highest BCUT2D eigenvalue weighted by Crippen LogP contribution is 2.32. The molecule has 1 heterocycles. The highest BCUT2D eigenvalue weighted by atomic mass is 16.5. The fraction of sp³-hybridized carbons (Fsp3) is 0.941. The molecule has 2 rings (SSSR count). The Balaban J connectivity index is 1.92. The standard InChI is InChI=1S/C17H32N2O2/c1-13(2)12-19(10-11-21-3)17(20)16-9-8-14-6-4-5-7-15(14)18-16/h13-16,18H,4-12H2,1-3H3. The molecule has 0 aromatic heterocycles. The number of amides is 1. The van der Waals surface area contributed by atoms with Gasteiger partial charge in [0.15, 0.2) is 0 Å². The van der Waals surface area contributed by atoms with E-state index in [0.717, 1.165) is 18.9 Å². The average Bonchev–Trinajstić information content (AvgIpc) is 2.50. The predicted molar refractivity (Wildman–Crippen MR) is 85.2 cm³/mol. The van der Waals surface area contributed by atoms with Crippen molar-refractivity contribution < 1.29 is 9.53 Å². The average molecular weight is 296 g/mol. The van der Waals surface area contributed by atoms with Gasteiger partial charge >= 0.3 is 0 Å². The molecular formula is C17H32N2O2. The zero-order valence-electron chi connectivity index (χ0n) is 13.9. The maximum atomic E-state index is 12.8. The molecular weight excluding hydrogens is 264 g/mol. The smallest absolute Gasteiger partial charge is 0.239 e. The Hall–Kier alpha value is -0.610. The van der Waals surface area contributed by atoms with Crippen molar-refractivity contribution in [2.24, 2.45) is 11.8 Å². The third kappa shape index (κ3) is 4.68. The van der Waals surface area contributed by atoms with Crippen LogP contribution in [0.3, 0.4) is 0 Å². The molecule has 0 aromatic rings.